The van der Waals surface area contributed by atoms with Crippen LogP contribution in [0.15, 0.2) is 24.3 Å². The first-order chi connectivity index (χ1) is 11.1. The molecule has 0 aromatic heterocycles. The highest BCUT2D eigenvalue weighted by Gasteiger charge is 2.17. The van der Waals surface area contributed by atoms with Gasteiger partial charge in [0, 0.05) is 37.4 Å². The van der Waals surface area contributed by atoms with Crippen molar-refractivity contribution in [2.45, 2.75) is 19.3 Å². The molecule has 1 fully saturated rings. The van der Waals surface area contributed by atoms with E-state index in [-0.39, 0.29) is 5.91 Å². The van der Waals surface area contributed by atoms with Crippen molar-refractivity contribution in [3.8, 4) is 0 Å². The van der Waals surface area contributed by atoms with Gasteiger partial charge in [0.1, 0.15) is 0 Å². The predicted molar refractivity (Wildman–Crippen MR) is 99.0 cm³/mol. The summed E-state index contributed by atoms with van der Waals surface area (Å²) in [7, 11) is 4.05. The molecule has 1 heterocycles. The SMILES string of the molecule is CN(C)CCNC(=S)Nc1ccc(C(=O)N2CCCCC2)cc1. The number of amides is 1. The number of carbonyl (C=O) groups is 1. The van der Waals surface area contributed by atoms with E-state index in [1.807, 2.05) is 43.3 Å². The van der Waals surface area contributed by atoms with E-state index in [9.17, 15) is 4.79 Å². The number of benzene rings is 1. The molecule has 1 aromatic carbocycles. The first-order valence-corrected chi connectivity index (χ1v) is 8.56. The lowest BCUT2D eigenvalue weighted by Crippen LogP contribution is -2.35. The molecule has 1 aliphatic heterocycles. The van der Waals surface area contributed by atoms with E-state index in [4.69, 9.17) is 12.2 Å². The van der Waals surface area contributed by atoms with Crippen LogP contribution < -0.4 is 10.6 Å². The van der Waals surface area contributed by atoms with Gasteiger partial charge in [0.05, 0.1) is 0 Å². The van der Waals surface area contributed by atoms with Crippen molar-refractivity contribution in [1.29, 1.82) is 0 Å². The number of carbonyl (C=O) groups excluding carboxylic acids is 1. The Bertz CT molecular complexity index is 524. The fourth-order valence-electron chi connectivity index (χ4n) is 2.54. The summed E-state index contributed by atoms with van der Waals surface area (Å²) in [6, 6.07) is 7.53. The van der Waals surface area contributed by atoms with E-state index < -0.39 is 0 Å². The second-order valence-electron chi connectivity index (χ2n) is 6.11. The van der Waals surface area contributed by atoms with Gasteiger partial charge in [-0.05, 0) is 69.8 Å². The lowest BCUT2D eigenvalue weighted by molar-refractivity contribution is 0.0724. The number of rotatable bonds is 5. The summed E-state index contributed by atoms with van der Waals surface area (Å²) in [6.45, 7) is 3.47. The number of likely N-dealkylation sites (tertiary alicyclic amines) is 1. The molecule has 1 amide bonds. The Morgan fingerprint density at radius 3 is 2.43 bits per heavy atom. The largest absolute Gasteiger partial charge is 0.361 e. The Morgan fingerprint density at radius 1 is 1.17 bits per heavy atom. The average molecular weight is 334 g/mol. The molecule has 23 heavy (non-hydrogen) atoms. The third kappa shape index (κ3) is 5.80. The number of nitrogens with zero attached hydrogens (tertiary/aromatic N) is 2. The zero-order valence-electron chi connectivity index (χ0n) is 14.0. The van der Waals surface area contributed by atoms with Crippen molar-refractivity contribution in [3.63, 3.8) is 0 Å². The highest BCUT2D eigenvalue weighted by molar-refractivity contribution is 7.80. The number of anilines is 1. The lowest BCUT2D eigenvalue weighted by atomic mass is 10.1. The van der Waals surface area contributed by atoms with Crippen molar-refractivity contribution in [1.82, 2.24) is 15.1 Å². The summed E-state index contributed by atoms with van der Waals surface area (Å²) in [6.07, 6.45) is 3.45. The van der Waals surface area contributed by atoms with Gasteiger partial charge in [-0.3, -0.25) is 4.79 Å². The van der Waals surface area contributed by atoms with Crippen molar-refractivity contribution < 1.29 is 4.79 Å². The van der Waals surface area contributed by atoms with Gasteiger partial charge in [-0.2, -0.15) is 0 Å². The third-order valence-electron chi connectivity index (χ3n) is 3.88. The second kappa shape index (κ2) is 8.84. The monoisotopic (exact) mass is 334 g/mol. The molecule has 0 radical (unpaired) electrons. The first kappa shape index (κ1) is 17.7. The molecular formula is C17H26N4OS. The molecule has 0 aliphatic carbocycles. The van der Waals surface area contributed by atoms with E-state index >= 15 is 0 Å². The number of hydrogen-bond acceptors (Lipinski definition) is 3. The standard InChI is InChI=1S/C17H26N4OS/c1-20(2)13-10-18-17(23)19-15-8-6-14(7-9-15)16(22)21-11-4-3-5-12-21/h6-9H,3-5,10-13H2,1-2H3,(H2,18,19,23). The molecule has 0 atom stereocenters. The molecule has 2 rings (SSSR count). The van der Waals surface area contributed by atoms with Gasteiger partial charge in [-0.1, -0.05) is 0 Å². The van der Waals surface area contributed by atoms with Crippen LogP contribution in [-0.4, -0.2) is 61.1 Å². The molecule has 1 aliphatic rings. The van der Waals surface area contributed by atoms with Crippen LogP contribution in [0.25, 0.3) is 0 Å². The molecule has 0 unspecified atom stereocenters. The lowest BCUT2D eigenvalue weighted by Gasteiger charge is -2.26. The average Bonchev–Trinajstić information content (AvgIpc) is 2.55. The maximum atomic E-state index is 12.4. The quantitative estimate of drug-likeness (QED) is 0.808. The second-order valence-corrected chi connectivity index (χ2v) is 6.52. The van der Waals surface area contributed by atoms with Crippen LogP contribution in [0.3, 0.4) is 0 Å². The first-order valence-electron chi connectivity index (χ1n) is 8.15. The highest BCUT2D eigenvalue weighted by atomic mass is 32.1. The third-order valence-corrected chi connectivity index (χ3v) is 4.12. The number of nitrogens with one attached hydrogen (secondary N) is 2. The van der Waals surface area contributed by atoms with Crippen molar-refractivity contribution in [3.05, 3.63) is 29.8 Å². The van der Waals surface area contributed by atoms with Crippen LogP contribution in [-0.2, 0) is 0 Å². The van der Waals surface area contributed by atoms with Gasteiger partial charge in [-0.25, -0.2) is 0 Å². The van der Waals surface area contributed by atoms with Crippen molar-refractivity contribution >= 4 is 28.9 Å². The Morgan fingerprint density at radius 2 is 1.83 bits per heavy atom. The summed E-state index contributed by atoms with van der Waals surface area (Å²) >= 11 is 5.26. The fraction of sp³-hybridized carbons (Fsp3) is 0.529. The number of hydrogen-bond donors (Lipinski definition) is 2. The van der Waals surface area contributed by atoms with Crippen LogP contribution in [0.1, 0.15) is 29.6 Å². The van der Waals surface area contributed by atoms with Crippen LogP contribution in [0.2, 0.25) is 0 Å². The zero-order chi connectivity index (χ0) is 16.7. The van der Waals surface area contributed by atoms with E-state index in [2.05, 4.69) is 15.5 Å². The van der Waals surface area contributed by atoms with Gasteiger partial charge in [-0.15, -0.1) is 0 Å². The molecule has 1 aromatic rings. The maximum Gasteiger partial charge on any atom is 0.253 e. The topological polar surface area (TPSA) is 47.6 Å². The molecule has 1 saturated heterocycles. The minimum Gasteiger partial charge on any atom is -0.361 e. The van der Waals surface area contributed by atoms with Gasteiger partial charge in [0.25, 0.3) is 5.91 Å². The van der Waals surface area contributed by atoms with E-state index in [1.54, 1.807) is 0 Å². The van der Waals surface area contributed by atoms with Crippen molar-refractivity contribution in [2.24, 2.45) is 0 Å². The number of piperidine rings is 1. The Hall–Kier alpha value is -1.66. The molecule has 0 spiro atoms. The Balaban J connectivity index is 1.84. The summed E-state index contributed by atoms with van der Waals surface area (Å²) in [5, 5.41) is 6.89. The van der Waals surface area contributed by atoms with E-state index in [0.29, 0.717) is 5.11 Å². The molecule has 5 nitrogen and oxygen atoms in total. The molecule has 0 saturated carbocycles. The van der Waals surface area contributed by atoms with Crippen molar-refractivity contribution in [2.75, 3.05) is 45.6 Å². The zero-order valence-corrected chi connectivity index (χ0v) is 14.8. The predicted octanol–water partition coefficient (Wildman–Crippen LogP) is 2.16. The van der Waals surface area contributed by atoms with Gasteiger partial charge in [0.2, 0.25) is 0 Å². The van der Waals surface area contributed by atoms with Crippen LogP contribution in [0.5, 0.6) is 0 Å². The summed E-state index contributed by atoms with van der Waals surface area (Å²) in [5.41, 5.74) is 1.63. The summed E-state index contributed by atoms with van der Waals surface area (Å²) < 4.78 is 0. The van der Waals surface area contributed by atoms with Gasteiger partial charge < -0.3 is 20.4 Å². The summed E-state index contributed by atoms with van der Waals surface area (Å²) in [4.78, 5) is 16.4. The summed E-state index contributed by atoms with van der Waals surface area (Å²) in [5.74, 6) is 0.128. The Kier molecular flexibility index (Phi) is 6.80. The van der Waals surface area contributed by atoms with Crippen LogP contribution in [0.4, 0.5) is 5.69 Å². The smallest absolute Gasteiger partial charge is 0.253 e. The Labute approximate surface area is 144 Å². The van der Waals surface area contributed by atoms with Gasteiger partial charge in [0.15, 0.2) is 5.11 Å². The van der Waals surface area contributed by atoms with Crippen LogP contribution >= 0.6 is 12.2 Å². The number of likely N-dealkylation sites (N-methyl/N-ethyl adjacent to an activating group) is 1. The molecule has 6 heteroatoms. The molecule has 126 valence electrons. The molecule has 2 N–H and O–H groups in total. The minimum atomic E-state index is 0.128. The van der Waals surface area contributed by atoms with Crippen LogP contribution in [0, 0.1) is 0 Å². The van der Waals surface area contributed by atoms with E-state index in [1.165, 1.54) is 6.42 Å². The van der Waals surface area contributed by atoms with E-state index in [0.717, 1.165) is 50.3 Å². The normalized spacial score (nSPS) is 14.7. The number of thiocarbonyl (C=S) groups is 1. The van der Waals surface area contributed by atoms with Gasteiger partial charge >= 0.3 is 0 Å². The maximum absolute atomic E-state index is 12.4. The highest BCUT2D eigenvalue weighted by Crippen LogP contribution is 2.15. The molecular weight excluding hydrogens is 308 g/mol. The molecule has 0 bridgehead atoms. The minimum absolute atomic E-state index is 0.128. The fourth-order valence-corrected chi connectivity index (χ4v) is 2.76.